The highest BCUT2D eigenvalue weighted by Crippen LogP contribution is 2.27. The highest BCUT2D eigenvalue weighted by molar-refractivity contribution is 7.92. The largest absolute Gasteiger partial charge is 0.357 e. The van der Waals surface area contributed by atoms with Crippen LogP contribution in [0.4, 0.5) is 10.1 Å². The lowest BCUT2D eigenvalue weighted by atomic mass is 10.0. The van der Waals surface area contributed by atoms with Crippen LogP contribution in [0.2, 0.25) is 0 Å². The van der Waals surface area contributed by atoms with E-state index in [1.54, 1.807) is 12.1 Å². The van der Waals surface area contributed by atoms with E-state index in [0.29, 0.717) is 0 Å². The molecule has 4 rings (SSSR count). The molecule has 0 saturated heterocycles. The van der Waals surface area contributed by atoms with E-state index in [1.807, 2.05) is 68.4 Å². The smallest absolute Gasteiger partial charge is 0.264 e. The normalized spacial score (nSPS) is 11.9. The number of carbonyl (C=O) groups is 2. The first-order valence-corrected chi connectivity index (χ1v) is 15.0. The molecule has 42 heavy (non-hydrogen) atoms. The van der Waals surface area contributed by atoms with Gasteiger partial charge in [-0.15, -0.1) is 0 Å². The number of amides is 2. The van der Waals surface area contributed by atoms with Gasteiger partial charge in [0.05, 0.1) is 10.6 Å². The Kier molecular flexibility index (Phi) is 9.75. The summed E-state index contributed by atoms with van der Waals surface area (Å²) >= 11 is 0. The minimum atomic E-state index is -4.37. The van der Waals surface area contributed by atoms with Gasteiger partial charge in [0.15, 0.2) is 0 Å². The molecule has 0 fully saturated rings. The fourth-order valence-electron chi connectivity index (χ4n) is 4.62. The molecule has 0 aliphatic rings. The second kappa shape index (κ2) is 13.4. The molecule has 9 heteroatoms. The summed E-state index contributed by atoms with van der Waals surface area (Å²) in [6, 6.07) is 27.4. The van der Waals surface area contributed by atoms with Gasteiger partial charge in [0, 0.05) is 20.0 Å². The van der Waals surface area contributed by atoms with Crippen LogP contribution in [0.15, 0.2) is 108 Å². The summed E-state index contributed by atoms with van der Waals surface area (Å²) in [5.41, 5.74) is 3.20. The van der Waals surface area contributed by atoms with E-state index in [2.05, 4.69) is 5.32 Å². The summed E-state index contributed by atoms with van der Waals surface area (Å²) < 4.78 is 43.7. The summed E-state index contributed by atoms with van der Waals surface area (Å²) in [6.07, 6.45) is 0.197. The van der Waals surface area contributed by atoms with Crippen molar-refractivity contribution >= 4 is 27.5 Å². The second-order valence-electron chi connectivity index (χ2n) is 10.1. The molecular formula is C33H34FN3O4S. The molecule has 0 aliphatic heterocycles. The second-order valence-corrected chi connectivity index (χ2v) is 12.0. The summed E-state index contributed by atoms with van der Waals surface area (Å²) in [7, 11) is -2.88. The average molecular weight is 588 g/mol. The molecule has 1 unspecified atom stereocenters. The monoisotopic (exact) mass is 587 g/mol. The van der Waals surface area contributed by atoms with Crippen molar-refractivity contribution in [3.05, 3.63) is 131 Å². The Bertz CT molecular complexity index is 1630. The van der Waals surface area contributed by atoms with Crippen LogP contribution in [0.3, 0.4) is 0 Å². The van der Waals surface area contributed by atoms with Crippen molar-refractivity contribution < 1.29 is 22.4 Å². The van der Waals surface area contributed by atoms with Crippen LogP contribution in [0, 0.1) is 19.7 Å². The van der Waals surface area contributed by atoms with Gasteiger partial charge in [-0.1, -0.05) is 90.0 Å². The third kappa shape index (κ3) is 7.22. The number of aryl methyl sites for hydroxylation is 2. The standard InChI is InChI=1S/C33H34FN3O4S/c1-24-13-17-27(18-14-24)22-36(31(33(39)35-3)21-26-9-5-4-6-10-26)32(38)23-37(30-12-8-7-11-29(30)34)42(40,41)28-19-15-25(2)16-20-28/h4-20,31H,21-23H2,1-3H3,(H,35,39). The highest BCUT2D eigenvalue weighted by Gasteiger charge is 2.35. The van der Waals surface area contributed by atoms with E-state index in [9.17, 15) is 18.0 Å². The summed E-state index contributed by atoms with van der Waals surface area (Å²) in [4.78, 5) is 28.8. The predicted octanol–water partition coefficient (Wildman–Crippen LogP) is 5.02. The van der Waals surface area contributed by atoms with Crippen LogP contribution in [-0.4, -0.2) is 44.8 Å². The van der Waals surface area contributed by atoms with Gasteiger partial charge in [-0.25, -0.2) is 12.8 Å². The fraction of sp³-hybridized carbons (Fsp3) is 0.212. The zero-order valence-electron chi connectivity index (χ0n) is 23.8. The first kappa shape index (κ1) is 30.5. The molecule has 4 aromatic rings. The highest BCUT2D eigenvalue weighted by atomic mass is 32.2. The van der Waals surface area contributed by atoms with Gasteiger partial charge >= 0.3 is 0 Å². The van der Waals surface area contributed by atoms with Crippen LogP contribution in [0.1, 0.15) is 22.3 Å². The summed E-state index contributed by atoms with van der Waals surface area (Å²) in [5.74, 6) is -1.85. The topological polar surface area (TPSA) is 86.8 Å². The van der Waals surface area contributed by atoms with E-state index < -0.39 is 40.2 Å². The van der Waals surface area contributed by atoms with Gasteiger partial charge in [0.25, 0.3) is 10.0 Å². The SMILES string of the molecule is CNC(=O)C(Cc1ccccc1)N(Cc1ccc(C)cc1)C(=O)CN(c1ccccc1F)S(=O)(=O)c1ccc(C)cc1. The Hall–Kier alpha value is -4.50. The van der Waals surface area contributed by atoms with Crippen LogP contribution < -0.4 is 9.62 Å². The molecular weight excluding hydrogens is 553 g/mol. The van der Waals surface area contributed by atoms with E-state index in [0.717, 1.165) is 32.6 Å². The van der Waals surface area contributed by atoms with Crippen molar-refractivity contribution in [3.63, 3.8) is 0 Å². The Balaban J connectivity index is 1.79. The first-order valence-electron chi connectivity index (χ1n) is 13.5. The number of benzene rings is 4. The summed E-state index contributed by atoms with van der Waals surface area (Å²) in [6.45, 7) is 3.09. The van der Waals surface area contributed by atoms with Crippen LogP contribution in [0.25, 0.3) is 0 Å². The third-order valence-electron chi connectivity index (χ3n) is 7.00. The summed E-state index contributed by atoms with van der Waals surface area (Å²) in [5, 5.41) is 2.65. The van der Waals surface area contributed by atoms with Crippen LogP contribution >= 0.6 is 0 Å². The van der Waals surface area contributed by atoms with Crippen molar-refractivity contribution in [3.8, 4) is 0 Å². The molecule has 0 radical (unpaired) electrons. The molecule has 0 aliphatic carbocycles. The Morgan fingerprint density at radius 3 is 1.95 bits per heavy atom. The van der Waals surface area contributed by atoms with Gasteiger partial charge in [0.1, 0.15) is 18.4 Å². The van der Waals surface area contributed by atoms with Crippen molar-refractivity contribution in [2.75, 3.05) is 17.9 Å². The molecule has 4 aromatic carbocycles. The quantitative estimate of drug-likeness (QED) is 0.267. The number of hydrogen-bond acceptors (Lipinski definition) is 4. The molecule has 0 bridgehead atoms. The fourth-order valence-corrected chi connectivity index (χ4v) is 6.04. The number of likely N-dealkylation sites (N-methyl/N-ethyl adjacent to an activating group) is 1. The number of halogens is 1. The van der Waals surface area contributed by atoms with Gasteiger partial charge in [-0.3, -0.25) is 13.9 Å². The van der Waals surface area contributed by atoms with E-state index in [4.69, 9.17) is 0 Å². The number of nitrogens with zero attached hydrogens (tertiary/aromatic N) is 2. The number of sulfonamides is 1. The maximum absolute atomic E-state index is 15.1. The van der Waals surface area contributed by atoms with Crippen LogP contribution in [-0.2, 0) is 32.6 Å². The Morgan fingerprint density at radius 1 is 0.786 bits per heavy atom. The first-order chi connectivity index (χ1) is 20.1. The molecule has 0 heterocycles. The minimum Gasteiger partial charge on any atom is -0.357 e. The minimum absolute atomic E-state index is 0.0414. The van der Waals surface area contributed by atoms with E-state index in [-0.39, 0.29) is 23.5 Å². The molecule has 0 aromatic heterocycles. The molecule has 218 valence electrons. The maximum atomic E-state index is 15.1. The Morgan fingerprint density at radius 2 is 1.36 bits per heavy atom. The zero-order valence-corrected chi connectivity index (χ0v) is 24.6. The van der Waals surface area contributed by atoms with Crippen molar-refractivity contribution in [1.82, 2.24) is 10.2 Å². The van der Waals surface area contributed by atoms with E-state index in [1.165, 1.54) is 42.3 Å². The predicted molar refractivity (Wildman–Crippen MR) is 162 cm³/mol. The lowest BCUT2D eigenvalue weighted by Gasteiger charge is -2.33. The molecule has 1 N–H and O–H groups in total. The van der Waals surface area contributed by atoms with Crippen molar-refractivity contribution in [2.45, 2.75) is 37.8 Å². The van der Waals surface area contributed by atoms with E-state index >= 15 is 4.39 Å². The lowest BCUT2D eigenvalue weighted by molar-refractivity contribution is -0.139. The molecule has 0 spiro atoms. The molecule has 7 nitrogen and oxygen atoms in total. The molecule has 2 amide bonds. The third-order valence-corrected chi connectivity index (χ3v) is 8.77. The molecule has 1 atom stereocenters. The van der Waals surface area contributed by atoms with Gasteiger partial charge < -0.3 is 10.2 Å². The van der Waals surface area contributed by atoms with Gasteiger partial charge in [-0.05, 0) is 49.2 Å². The van der Waals surface area contributed by atoms with Gasteiger partial charge in [0.2, 0.25) is 11.8 Å². The molecule has 0 saturated carbocycles. The van der Waals surface area contributed by atoms with Crippen molar-refractivity contribution in [2.24, 2.45) is 0 Å². The zero-order chi connectivity index (χ0) is 30.3. The number of hydrogen-bond donors (Lipinski definition) is 1. The number of para-hydroxylation sites is 1. The number of anilines is 1. The maximum Gasteiger partial charge on any atom is 0.264 e. The number of rotatable bonds is 11. The number of nitrogens with one attached hydrogen (secondary N) is 1. The van der Waals surface area contributed by atoms with Crippen LogP contribution in [0.5, 0.6) is 0 Å². The lowest BCUT2D eigenvalue weighted by Crippen LogP contribution is -2.53. The van der Waals surface area contributed by atoms with Gasteiger partial charge in [-0.2, -0.15) is 0 Å². The van der Waals surface area contributed by atoms with Crippen molar-refractivity contribution in [1.29, 1.82) is 0 Å². The Labute approximate surface area is 246 Å². The average Bonchev–Trinajstić information content (AvgIpc) is 2.99. The number of carbonyl (C=O) groups excluding carboxylic acids is 2.